The number of pyridine rings is 1. The predicted octanol–water partition coefficient (Wildman–Crippen LogP) is 4.02. The number of nitrogens with zero attached hydrogens (tertiary/aromatic N) is 1. The van der Waals surface area contributed by atoms with Crippen molar-refractivity contribution in [2.45, 2.75) is 0 Å². The van der Waals surface area contributed by atoms with Crippen molar-refractivity contribution in [3.8, 4) is 0 Å². The van der Waals surface area contributed by atoms with Crippen molar-refractivity contribution in [1.29, 1.82) is 0 Å². The van der Waals surface area contributed by atoms with Crippen molar-refractivity contribution in [2.24, 2.45) is 0 Å². The van der Waals surface area contributed by atoms with Crippen molar-refractivity contribution in [2.75, 3.05) is 5.32 Å². The molecule has 0 aliphatic carbocycles. The molecular weight excluding hydrogens is 330 g/mol. The second-order valence-electron chi connectivity index (χ2n) is 4.80. The summed E-state index contributed by atoms with van der Waals surface area (Å²) in [5, 5.41) is 7.42. The fraction of sp³-hybridized carbons (Fsp3) is 0. The van der Waals surface area contributed by atoms with E-state index in [2.05, 4.69) is 15.6 Å². The van der Waals surface area contributed by atoms with Gasteiger partial charge in [0.25, 0.3) is 5.91 Å². The minimum atomic E-state index is -0.299. The zero-order valence-corrected chi connectivity index (χ0v) is 13.5. The Morgan fingerprint density at radius 2 is 1.78 bits per heavy atom. The maximum atomic E-state index is 12.1. The molecule has 0 bridgehead atoms. The number of thiocarbonyl (C=S) groups is 1. The van der Waals surface area contributed by atoms with E-state index in [1.54, 1.807) is 30.5 Å². The Morgan fingerprint density at radius 3 is 2.57 bits per heavy atom. The lowest BCUT2D eigenvalue weighted by molar-refractivity contribution is 0.0978. The maximum absolute atomic E-state index is 12.1. The van der Waals surface area contributed by atoms with Crippen LogP contribution in [0.5, 0.6) is 0 Å². The van der Waals surface area contributed by atoms with E-state index in [9.17, 15) is 4.79 Å². The van der Waals surface area contributed by atoms with Crippen LogP contribution >= 0.6 is 23.8 Å². The van der Waals surface area contributed by atoms with E-state index in [1.165, 1.54) is 0 Å². The molecule has 1 heterocycles. The first kappa shape index (κ1) is 15.4. The fourth-order valence-electron chi connectivity index (χ4n) is 2.14. The molecule has 0 spiro atoms. The molecule has 3 aromatic rings. The van der Waals surface area contributed by atoms with Crippen LogP contribution < -0.4 is 10.6 Å². The molecule has 0 aliphatic rings. The van der Waals surface area contributed by atoms with E-state index < -0.39 is 0 Å². The number of nitrogens with one attached hydrogen (secondary N) is 2. The number of amides is 1. The molecule has 114 valence electrons. The molecule has 0 radical (unpaired) electrons. The highest BCUT2D eigenvalue weighted by atomic mass is 35.5. The second kappa shape index (κ2) is 6.73. The third-order valence-corrected chi connectivity index (χ3v) is 3.67. The van der Waals surface area contributed by atoms with Crippen LogP contribution in [0.2, 0.25) is 5.02 Å². The molecule has 2 aromatic carbocycles. The molecule has 2 N–H and O–H groups in total. The van der Waals surface area contributed by atoms with Crippen molar-refractivity contribution in [3.63, 3.8) is 0 Å². The molecular formula is C17H12ClN3OS. The van der Waals surface area contributed by atoms with Crippen LogP contribution in [-0.4, -0.2) is 16.0 Å². The van der Waals surface area contributed by atoms with Crippen LogP contribution in [0.1, 0.15) is 10.4 Å². The highest BCUT2D eigenvalue weighted by Crippen LogP contribution is 2.20. The monoisotopic (exact) mass is 341 g/mol. The lowest BCUT2D eigenvalue weighted by atomic mass is 10.2. The topological polar surface area (TPSA) is 54.0 Å². The van der Waals surface area contributed by atoms with Gasteiger partial charge in [0.2, 0.25) is 0 Å². The van der Waals surface area contributed by atoms with Gasteiger partial charge in [0.05, 0.1) is 11.2 Å². The number of carbonyl (C=O) groups is 1. The number of carbonyl (C=O) groups excluding carboxylic acids is 1. The first-order valence-electron chi connectivity index (χ1n) is 6.85. The van der Waals surface area contributed by atoms with Gasteiger partial charge in [-0.25, -0.2) is 0 Å². The van der Waals surface area contributed by atoms with Crippen LogP contribution in [0, 0.1) is 0 Å². The van der Waals surface area contributed by atoms with E-state index in [4.69, 9.17) is 23.8 Å². The summed E-state index contributed by atoms with van der Waals surface area (Å²) in [7, 11) is 0. The molecule has 0 saturated carbocycles. The van der Waals surface area contributed by atoms with Gasteiger partial charge in [0.15, 0.2) is 5.11 Å². The van der Waals surface area contributed by atoms with E-state index in [0.717, 1.165) is 16.6 Å². The summed E-state index contributed by atoms with van der Waals surface area (Å²) in [5.74, 6) is -0.299. The highest BCUT2D eigenvalue weighted by molar-refractivity contribution is 7.80. The lowest BCUT2D eigenvalue weighted by Gasteiger charge is -2.11. The fourth-order valence-corrected chi connectivity index (χ4v) is 2.46. The molecule has 1 aromatic heterocycles. The van der Waals surface area contributed by atoms with E-state index in [0.29, 0.717) is 10.6 Å². The SMILES string of the molecule is O=C(NC(=S)Nc1cccc2cccnc12)c1ccc(Cl)cc1. The van der Waals surface area contributed by atoms with Crippen LogP contribution in [-0.2, 0) is 0 Å². The summed E-state index contributed by atoms with van der Waals surface area (Å²) in [4.78, 5) is 16.5. The predicted molar refractivity (Wildman–Crippen MR) is 96.9 cm³/mol. The zero-order valence-electron chi connectivity index (χ0n) is 11.9. The van der Waals surface area contributed by atoms with Gasteiger partial charge >= 0.3 is 0 Å². The molecule has 0 unspecified atom stereocenters. The number of halogens is 1. The minimum absolute atomic E-state index is 0.211. The third-order valence-electron chi connectivity index (χ3n) is 3.21. The summed E-state index contributed by atoms with van der Waals surface area (Å²) in [5.41, 5.74) is 2.01. The van der Waals surface area contributed by atoms with Gasteiger partial charge < -0.3 is 5.32 Å². The average Bonchev–Trinajstić information content (AvgIpc) is 2.55. The summed E-state index contributed by atoms with van der Waals surface area (Å²) in [6.07, 6.45) is 1.71. The van der Waals surface area contributed by atoms with Gasteiger partial charge in [-0.1, -0.05) is 29.8 Å². The Morgan fingerprint density at radius 1 is 1.04 bits per heavy atom. The molecule has 6 heteroatoms. The van der Waals surface area contributed by atoms with Crippen LogP contribution in [0.4, 0.5) is 5.69 Å². The summed E-state index contributed by atoms with van der Waals surface area (Å²) in [6, 6.07) is 16.1. The maximum Gasteiger partial charge on any atom is 0.257 e. The quantitative estimate of drug-likeness (QED) is 0.691. The van der Waals surface area contributed by atoms with Gasteiger partial charge in [-0.3, -0.25) is 15.1 Å². The Hall–Kier alpha value is -2.50. The van der Waals surface area contributed by atoms with E-state index in [-0.39, 0.29) is 11.0 Å². The van der Waals surface area contributed by atoms with Crippen LogP contribution in [0.15, 0.2) is 60.8 Å². The summed E-state index contributed by atoms with van der Waals surface area (Å²) < 4.78 is 0. The minimum Gasteiger partial charge on any atom is -0.331 e. The van der Waals surface area contributed by atoms with Gasteiger partial charge in [0, 0.05) is 22.2 Å². The van der Waals surface area contributed by atoms with Gasteiger partial charge in [0.1, 0.15) is 0 Å². The molecule has 0 saturated heterocycles. The second-order valence-corrected chi connectivity index (χ2v) is 5.64. The van der Waals surface area contributed by atoms with Crippen LogP contribution in [0.3, 0.4) is 0 Å². The lowest BCUT2D eigenvalue weighted by Crippen LogP contribution is -2.34. The number of aromatic nitrogens is 1. The highest BCUT2D eigenvalue weighted by Gasteiger charge is 2.09. The molecule has 23 heavy (non-hydrogen) atoms. The third kappa shape index (κ3) is 3.64. The van der Waals surface area contributed by atoms with Gasteiger partial charge in [-0.05, 0) is 48.6 Å². The number of para-hydroxylation sites is 1. The van der Waals surface area contributed by atoms with Crippen LogP contribution in [0.25, 0.3) is 10.9 Å². The number of hydrogen-bond donors (Lipinski definition) is 2. The Bertz CT molecular complexity index is 875. The summed E-state index contributed by atoms with van der Waals surface area (Å²) >= 11 is 11.0. The zero-order chi connectivity index (χ0) is 16.2. The summed E-state index contributed by atoms with van der Waals surface area (Å²) in [6.45, 7) is 0. The first-order chi connectivity index (χ1) is 11.1. The van der Waals surface area contributed by atoms with Crippen molar-refractivity contribution in [1.82, 2.24) is 10.3 Å². The van der Waals surface area contributed by atoms with E-state index in [1.807, 2.05) is 30.3 Å². The normalized spacial score (nSPS) is 10.3. The number of fused-ring (bicyclic) bond motifs is 1. The Balaban J connectivity index is 1.74. The van der Waals surface area contributed by atoms with Gasteiger partial charge in [-0.2, -0.15) is 0 Å². The van der Waals surface area contributed by atoms with E-state index >= 15 is 0 Å². The largest absolute Gasteiger partial charge is 0.331 e. The van der Waals surface area contributed by atoms with Gasteiger partial charge in [-0.15, -0.1) is 0 Å². The number of benzene rings is 2. The molecule has 3 rings (SSSR count). The first-order valence-corrected chi connectivity index (χ1v) is 7.64. The molecule has 0 atom stereocenters. The van der Waals surface area contributed by atoms with Crippen molar-refractivity contribution < 1.29 is 4.79 Å². The van der Waals surface area contributed by atoms with Crippen molar-refractivity contribution in [3.05, 3.63) is 71.4 Å². The molecule has 0 fully saturated rings. The number of anilines is 1. The van der Waals surface area contributed by atoms with Crippen molar-refractivity contribution >= 4 is 51.4 Å². The Kier molecular flexibility index (Phi) is 4.50. The molecule has 1 amide bonds. The Labute approximate surface area is 143 Å². The molecule has 4 nitrogen and oxygen atoms in total. The smallest absolute Gasteiger partial charge is 0.257 e. The number of rotatable bonds is 2. The average molecular weight is 342 g/mol. The standard InChI is InChI=1S/C17H12ClN3OS/c18-13-8-6-12(7-9-13)16(22)21-17(23)20-14-5-1-3-11-4-2-10-19-15(11)14/h1-10H,(H2,20,21,22,23). The number of hydrogen-bond acceptors (Lipinski definition) is 3. The molecule has 0 aliphatic heterocycles.